The summed E-state index contributed by atoms with van der Waals surface area (Å²) < 4.78 is 15.4. The Kier molecular flexibility index (Phi) is 5.69. The predicted molar refractivity (Wildman–Crippen MR) is 113 cm³/mol. The molecule has 160 valence electrons. The second-order valence-corrected chi connectivity index (χ2v) is 8.55. The van der Waals surface area contributed by atoms with Crippen molar-refractivity contribution >= 4 is 23.0 Å². The highest BCUT2D eigenvalue weighted by Crippen LogP contribution is 2.40. The zero-order valence-corrected chi connectivity index (χ0v) is 17.9. The van der Waals surface area contributed by atoms with Crippen LogP contribution in [0.4, 0.5) is 4.39 Å². The van der Waals surface area contributed by atoms with Crippen molar-refractivity contribution in [2.75, 3.05) is 6.54 Å². The van der Waals surface area contributed by atoms with Crippen molar-refractivity contribution in [1.29, 1.82) is 0 Å². The van der Waals surface area contributed by atoms with Crippen molar-refractivity contribution in [2.45, 2.75) is 32.9 Å². The van der Waals surface area contributed by atoms with Crippen molar-refractivity contribution < 1.29 is 19.1 Å². The Balaban J connectivity index is 1.69. The number of hydrogen-bond donors (Lipinski definition) is 1. The number of amides is 1. The van der Waals surface area contributed by atoms with Gasteiger partial charge in [-0.25, -0.2) is 14.4 Å². The second-order valence-electron chi connectivity index (χ2n) is 7.35. The van der Waals surface area contributed by atoms with Gasteiger partial charge in [-0.2, -0.15) is 0 Å². The highest BCUT2D eigenvalue weighted by Gasteiger charge is 2.44. The van der Waals surface area contributed by atoms with Gasteiger partial charge in [0, 0.05) is 25.5 Å². The molecule has 2 aromatic heterocycles. The zero-order chi connectivity index (χ0) is 22.1. The van der Waals surface area contributed by atoms with E-state index < -0.39 is 29.3 Å². The van der Waals surface area contributed by atoms with Gasteiger partial charge in [-0.15, -0.1) is 11.3 Å². The molecular weight excluding hydrogens is 419 g/mol. The second kappa shape index (κ2) is 8.43. The fourth-order valence-corrected chi connectivity index (χ4v) is 4.69. The van der Waals surface area contributed by atoms with E-state index >= 15 is 0 Å². The smallest absolute Gasteiger partial charge is 0.290 e. The average Bonchev–Trinajstić information content (AvgIpc) is 3.43. The summed E-state index contributed by atoms with van der Waals surface area (Å²) in [5, 5.41) is 11.4. The van der Waals surface area contributed by atoms with Gasteiger partial charge in [0.1, 0.15) is 5.82 Å². The van der Waals surface area contributed by atoms with Crippen LogP contribution in [0.15, 0.2) is 54.3 Å². The molecule has 7 nitrogen and oxygen atoms in total. The van der Waals surface area contributed by atoms with E-state index in [1.165, 1.54) is 40.5 Å². The van der Waals surface area contributed by atoms with E-state index in [4.69, 9.17) is 0 Å². The molecule has 31 heavy (non-hydrogen) atoms. The molecule has 0 saturated carbocycles. The largest absolute Gasteiger partial charge is 0.503 e. The molecule has 0 saturated heterocycles. The maximum absolute atomic E-state index is 13.5. The van der Waals surface area contributed by atoms with E-state index in [1.54, 1.807) is 26.4 Å². The Morgan fingerprint density at radius 2 is 1.97 bits per heavy atom. The first-order valence-corrected chi connectivity index (χ1v) is 10.6. The first-order valence-electron chi connectivity index (χ1n) is 9.81. The Morgan fingerprint density at radius 3 is 2.58 bits per heavy atom. The molecule has 3 heterocycles. The van der Waals surface area contributed by atoms with E-state index in [2.05, 4.69) is 9.97 Å². The van der Waals surface area contributed by atoms with Crippen LogP contribution < -0.4 is 0 Å². The lowest BCUT2D eigenvalue weighted by molar-refractivity contribution is -0.129. The molecule has 1 aliphatic heterocycles. The Hall–Kier alpha value is -3.33. The van der Waals surface area contributed by atoms with Crippen LogP contribution in [0.5, 0.6) is 0 Å². The normalized spacial score (nSPS) is 16.4. The number of aryl methyl sites for hydroxylation is 3. The topological polar surface area (TPSA) is 88.3 Å². The molecule has 0 spiro atoms. The first-order chi connectivity index (χ1) is 14.9. The molecule has 1 aromatic carbocycles. The first kappa shape index (κ1) is 20.9. The van der Waals surface area contributed by atoms with Crippen LogP contribution in [-0.4, -0.2) is 42.8 Å². The van der Waals surface area contributed by atoms with Gasteiger partial charge in [-0.05, 0) is 38.0 Å². The van der Waals surface area contributed by atoms with Crippen LogP contribution >= 0.6 is 11.3 Å². The molecule has 0 bridgehead atoms. The average molecular weight is 440 g/mol. The van der Waals surface area contributed by atoms with Crippen LogP contribution in [-0.2, 0) is 11.3 Å². The molecule has 3 aromatic rings. The summed E-state index contributed by atoms with van der Waals surface area (Å²) in [6.07, 6.45) is 5.77. The quantitative estimate of drug-likeness (QED) is 0.565. The third-order valence-electron chi connectivity index (χ3n) is 5.22. The summed E-state index contributed by atoms with van der Waals surface area (Å²) in [5.41, 5.74) is 1.12. The maximum Gasteiger partial charge on any atom is 0.290 e. The summed E-state index contributed by atoms with van der Waals surface area (Å²) in [5.74, 6) is -2.02. The number of aliphatic hydroxyl groups excluding tert-OH is 1. The molecule has 1 aliphatic rings. The molecule has 0 aliphatic carbocycles. The van der Waals surface area contributed by atoms with Gasteiger partial charge in [-0.1, -0.05) is 12.1 Å². The highest BCUT2D eigenvalue weighted by atomic mass is 32.1. The number of nitrogens with zero attached hydrogens (tertiary/aromatic N) is 4. The van der Waals surface area contributed by atoms with Gasteiger partial charge < -0.3 is 14.6 Å². The Morgan fingerprint density at radius 1 is 1.23 bits per heavy atom. The van der Waals surface area contributed by atoms with E-state index in [0.717, 1.165) is 5.01 Å². The highest BCUT2D eigenvalue weighted by molar-refractivity contribution is 7.14. The number of carbonyl (C=O) groups is 2. The number of ketones is 1. The molecule has 4 rings (SSSR count). The van der Waals surface area contributed by atoms with Crippen LogP contribution in [0.25, 0.3) is 0 Å². The SMILES string of the molecule is Cc1nc(C)c(C(=O)C2=C(O)C(=O)N(CCCn3ccnc3)[C@H]2c2ccc(F)cc2)s1. The lowest BCUT2D eigenvalue weighted by Crippen LogP contribution is -2.32. The van der Waals surface area contributed by atoms with Crippen molar-refractivity contribution in [2.24, 2.45) is 0 Å². The van der Waals surface area contributed by atoms with Gasteiger partial charge in [0.15, 0.2) is 5.76 Å². The predicted octanol–water partition coefficient (Wildman–Crippen LogP) is 3.76. The summed E-state index contributed by atoms with van der Waals surface area (Å²) in [6.45, 7) is 4.45. The van der Waals surface area contributed by atoms with Crippen molar-refractivity contribution in [3.05, 3.63) is 81.3 Å². The molecule has 0 radical (unpaired) electrons. The van der Waals surface area contributed by atoms with Crippen molar-refractivity contribution in [3.63, 3.8) is 0 Å². The van der Waals surface area contributed by atoms with Gasteiger partial charge in [0.05, 0.1) is 33.5 Å². The lowest BCUT2D eigenvalue weighted by Gasteiger charge is -2.27. The fraction of sp³-hybridized carbons (Fsp3) is 0.273. The summed E-state index contributed by atoms with van der Waals surface area (Å²) in [6, 6.07) is 4.83. The minimum absolute atomic E-state index is 0.00555. The lowest BCUT2D eigenvalue weighted by atomic mass is 9.95. The van der Waals surface area contributed by atoms with E-state index in [0.29, 0.717) is 35.6 Å². The van der Waals surface area contributed by atoms with Crippen LogP contribution in [0.3, 0.4) is 0 Å². The van der Waals surface area contributed by atoms with Gasteiger partial charge in [-0.3, -0.25) is 9.59 Å². The number of rotatable bonds is 7. The summed E-state index contributed by atoms with van der Waals surface area (Å²) in [7, 11) is 0. The van der Waals surface area contributed by atoms with Gasteiger partial charge in [0.2, 0.25) is 5.78 Å². The van der Waals surface area contributed by atoms with Crippen LogP contribution in [0, 0.1) is 19.7 Å². The number of hydrogen-bond acceptors (Lipinski definition) is 6. The van der Waals surface area contributed by atoms with E-state index in [-0.39, 0.29) is 5.57 Å². The third kappa shape index (κ3) is 4.00. The van der Waals surface area contributed by atoms with E-state index in [1.807, 2.05) is 10.8 Å². The van der Waals surface area contributed by atoms with Crippen LogP contribution in [0.2, 0.25) is 0 Å². The number of Topliss-reactive ketones (excluding diaryl/α,β-unsaturated/α-hetero) is 1. The number of halogens is 1. The molecule has 1 atom stereocenters. The minimum Gasteiger partial charge on any atom is -0.503 e. The van der Waals surface area contributed by atoms with Crippen molar-refractivity contribution in [1.82, 2.24) is 19.4 Å². The Bertz CT molecular complexity index is 1150. The molecule has 0 fully saturated rings. The Labute approximate surface area is 182 Å². The molecule has 1 N–H and O–H groups in total. The number of thiazole rings is 1. The number of imidazole rings is 1. The molecule has 0 unspecified atom stereocenters. The molecular formula is C22H21FN4O3S. The number of benzene rings is 1. The number of aliphatic hydroxyl groups is 1. The minimum atomic E-state index is -0.801. The van der Waals surface area contributed by atoms with E-state index in [9.17, 15) is 19.1 Å². The van der Waals surface area contributed by atoms with Crippen LogP contribution in [0.1, 0.15) is 38.4 Å². The van der Waals surface area contributed by atoms with Crippen molar-refractivity contribution in [3.8, 4) is 0 Å². The summed E-state index contributed by atoms with van der Waals surface area (Å²) >= 11 is 1.22. The summed E-state index contributed by atoms with van der Waals surface area (Å²) in [4.78, 5) is 36.5. The molecule has 1 amide bonds. The van der Waals surface area contributed by atoms with Gasteiger partial charge in [0.25, 0.3) is 5.91 Å². The number of aromatic nitrogens is 3. The molecule has 9 heteroatoms. The standard InChI is InChI=1S/C22H21FN4O3S/c1-13-21(31-14(2)25-13)19(28)17-18(15-4-6-16(23)7-5-15)27(22(30)20(17)29)10-3-9-26-11-8-24-12-26/h4-8,11-12,18,29H,3,9-10H2,1-2H3/t18-/m0/s1. The maximum atomic E-state index is 13.5. The number of carbonyl (C=O) groups excluding carboxylic acids is 2. The zero-order valence-electron chi connectivity index (χ0n) is 17.1. The third-order valence-corrected chi connectivity index (χ3v) is 6.29. The fourth-order valence-electron chi connectivity index (χ4n) is 3.81. The monoisotopic (exact) mass is 440 g/mol. The van der Waals surface area contributed by atoms with Gasteiger partial charge >= 0.3 is 0 Å².